The zero-order valence-electron chi connectivity index (χ0n) is 11.3. The summed E-state index contributed by atoms with van der Waals surface area (Å²) in [5.74, 6) is 1.31. The van der Waals surface area contributed by atoms with E-state index in [1.54, 1.807) is 31.7 Å². The highest BCUT2D eigenvalue weighted by Gasteiger charge is 2.02. The van der Waals surface area contributed by atoms with Crippen LogP contribution in [-0.4, -0.2) is 24.9 Å². The fourth-order valence-electron chi connectivity index (χ4n) is 1.62. The predicted molar refractivity (Wildman–Crippen MR) is 80.7 cm³/mol. The van der Waals surface area contributed by atoms with Gasteiger partial charge in [0.15, 0.2) is 0 Å². The molecule has 2 rings (SSSR count). The first-order valence-corrected chi connectivity index (χ1v) is 6.57. The molecule has 0 unspecified atom stereocenters. The molecule has 1 aromatic heterocycles. The van der Waals surface area contributed by atoms with Crippen LogP contribution >= 0.6 is 11.6 Å². The second-order valence-corrected chi connectivity index (χ2v) is 4.37. The molecule has 0 spiro atoms. The number of rotatable bonds is 5. The Kier molecular flexibility index (Phi) is 4.96. The summed E-state index contributed by atoms with van der Waals surface area (Å²) in [5, 5.41) is 0.641. The van der Waals surface area contributed by atoms with E-state index in [0.717, 1.165) is 17.0 Å². The number of pyridine rings is 1. The monoisotopic (exact) mass is 290 g/mol. The number of benzene rings is 1. The van der Waals surface area contributed by atoms with E-state index in [1.807, 2.05) is 25.1 Å². The van der Waals surface area contributed by atoms with Gasteiger partial charge in [-0.2, -0.15) is 0 Å². The van der Waals surface area contributed by atoms with Crippen LogP contribution in [0.3, 0.4) is 0 Å². The lowest BCUT2D eigenvalue weighted by Gasteiger charge is -2.06. The van der Waals surface area contributed by atoms with Gasteiger partial charge in [0.1, 0.15) is 5.75 Å². The standard InChI is InChI=1S/C15H15ClN2O2/c1-3-20-14-6-4-12(16)8-11(14)9-17-13-5-7-15(19-2)18-10-13/h4-10H,3H2,1-2H3. The average Bonchev–Trinajstić information content (AvgIpc) is 2.48. The summed E-state index contributed by atoms with van der Waals surface area (Å²) >= 11 is 5.99. The van der Waals surface area contributed by atoms with Gasteiger partial charge in [0.05, 0.1) is 25.6 Å². The van der Waals surface area contributed by atoms with Crippen molar-refractivity contribution in [3.8, 4) is 11.6 Å². The minimum atomic E-state index is 0.557. The molecule has 1 heterocycles. The minimum Gasteiger partial charge on any atom is -0.493 e. The van der Waals surface area contributed by atoms with Gasteiger partial charge in [-0.15, -0.1) is 0 Å². The lowest BCUT2D eigenvalue weighted by Crippen LogP contribution is -1.95. The van der Waals surface area contributed by atoms with Gasteiger partial charge < -0.3 is 9.47 Å². The van der Waals surface area contributed by atoms with Crippen molar-refractivity contribution in [1.82, 2.24) is 4.98 Å². The molecule has 0 aliphatic heterocycles. The molecule has 1 aromatic carbocycles. The first kappa shape index (κ1) is 14.3. The largest absolute Gasteiger partial charge is 0.493 e. The molecule has 20 heavy (non-hydrogen) atoms. The van der Waals surface area contributed by atoms with E-state index in [0.29, 0.717) is 17.5 Å². The van der Waals surface area contributed by atoms with Crippen LogP contribution in [0.15, 0.2) is 41.5 Å². The summed E-state index contributed by atoms with van der Waals surface area (Å²) in [6.45, 7) is 2.52. The molecular formula is C15H15ClN2O2. The SMILES string of the molecule is CCOc1ccc(Cl)cc1C=Nc1ccc(OC)nc1. The Morgan fingerprint density at radius 2 is 2.15 bits per heavy atom. The number of halogens is 1. The van der Waals surface area contributed by atoms with Crippen molar-refractivity contribution >= 4 is 23.5 Å². The van der Waals surface area contributed by atoms with Crippen molar-refractivity contribution in [3.05, 3.63) is 47.1 Å². The molecular weight excluding hydrogens is 276 g/mol. The predicted octanol–water partition coefficient (Wildman–Crippen LogP) is 3.89. The Labute approximate surface area is 123 Å². The molecule has 0 amide bonds. The van der Waals surface area contributed by atoms with Crippen LogP contribution in [0.5, 0.6) is 11.6 Å². The maximum Gasteiger partial charge on any atom is 0.213 e. The van der Waals surface area contributed by atoms with Crippen molar-refractivity contribution in [1.29, 1.82) is 0 Å². The van der Waals surface area contributed by atoms with Crippen molar-refractivity contribution in [2.45, 2.75) is 6.92 Å². The average molecular weight is 291 g/mol. The van der Waals surface area contributed by atoms with E-state index in [1.165, 1.54) is 0 Å². The third kappa shape index (κ3) is 3.71. The summed E-state index contributed by atoms with van der Waals surface area (Å²) in [6, 6.07) is 9.02. The summed E-state index contributed by atoms with van der Waals surface area (Å²) in [4.78, 5) is 8.45. The van der Waals surface area contributed by atoms with Gasteiger partial charge in [0.25, 0.3) is 0 Å². The van der Waals surface area contributed by atoms with Crippen LogP contribution in [-0.2, 0) is 0 Å². The second kappa shape index (κ2) is 6.91. The molecule has 0 saturated heterocycles. The third-order valence-corrected chi connectivity index (χ3v) is 2.79. The van der Waals surface area contributed by atoms with Gasteiger partial charge in [-0.25, -0.2) is 4.98 Å². The Bertz CT molecular complexity index is 597. The van der Waals surface area contributed by atoms with Crippen LogP contribution in [0, 0.1) is 0 Å². The zero-order valence-corrected chi connectivity index (χ0v) is 12.1. The molecule has 0 aliphatic carbocycles. The van der Waals surface area contributed by atoms with Gasteiger partial charge in [0, 0.05) is 22.9 Å². The molecule has 2 aromatic rings. The van der Waals surface area contributed by atoms with E-state index in [-0.39, 0.29) is 0 Å². The first-order chi connectivity index (χ1) is 9.72. The fraction of sp³-hybridized carbons (Fsp3) is 0.200. The summed E-state index contributed by atoms with van der Waals surface area (Å²) in [7, 11) is 1.58. The highest BCUT2D eigenvalue weighted by Crippen LogP contribution is 2.22. The molecule has 0 bridgehead atoms. The maximum absolute atomic E-state index is 5.99. The van der Waals surface area contributed by atoms with E-state index >= 15 is 0 Å². The first-order valence-electron chi connectivity index (χ1n) is 6.19. The highest BCUT2D eigenvalue weighted by atomic mass is 35.5. The van der Waals surface area contributed by atoms with Gasteiger partial charge in [0.2, 0.25) is 5.88 Å². The van der Waals surface area contributed by atoms with Crippen LogP contribution in [0.4, 0.5) is 5.69 Å². The summed E-state index contributed by atoms with van der Waals surface area (Å²) < 4.78 is 10.5. The number of hydrogen-bond acceptors (Lipinski definition) is 4. The molecule has 0 N–H and O–H groups in total. The minimum absolute atomic E-state index is 0.557. The van der Waals surface area contributed by atoms with Crippen LogP contribution in [0.1, 0.15) is 12.5 Å². The number of nitrogens with zero attached hydrogens (tertiary/aromatic N) is 2. The Balaban J connectivity index is 2.22. The van der Waals surface area contributed by atoms with E-state index in [9.17, 15) is 0 Å². The Hall–Kier alpha value is -2.07. The number of aromatic nitrogens is 1. The van der Waals surface area contributed by atoms with Gasteiger partial charge >= 0.3 is 0 Å². The lowest BCUT2D eigenvalue weighted by molar-refractivity contribution is 0.340. The molecule has 0 radical (unpaired) electrons. The second-order valence-electron chi connectivity index (χ2n) is 3.93. The number of hydrogen-bond donors (Lipinski definition) is 0. The Morgan fingerprint density at radius 1 is 1.30 bits per heavy atom. The zero-order chi connectivity index (χ0) is 14.4. The summed E-state index contributed by atoms with van der Waals surface area (Å²) in [6.07, 6.45) is 3.35. The van der Waals surface area contributed by atoms with Crippen molar-refractivity contribution < 1.29 is 9.47 Å². The Morgan fingerprint density at radius 3 is 2.80 bits per heavy atom. The summed E-state index contributed by atoms with van der Waals surface area (Å²) in [5.41, 5.74) is 1.56. The van der Waals surface area contributed by atoms with Crippen molar-refractivity contribution in [3.63, 3.8) is 0 Å². The topological polar surface area (TPSA) is 43.7 Å². The maximum atomic E-state index is 5.99. The van der Waals surface area contributed by atoms with Crippen LogP contribution in [0.2, 0.25) is 5.02 Å². The molecule has 4 nitrogen and oxygen atoms in total. The normalized spacial score (nSPS) is 10.8. The number of ether oxygens (including phenoxy) is 2. The van der Waals surface area contributed by atoms with Gasteiger partial charge in [-0.05, 0) is 31.2 Å². The van der Waals surface area contributed by atoms with E-state index in [4.69, 9.17) is 21.1 Å². The number of aliphatic imine (C=N–C) groups is 1. The third-order valence-electron chi connectivity index (χ3n) is 2.55. The van der Waals surface area contributed by atoms with Gasteiger partial charge in [-0.1, -0.05) is 11.6 Å². The van der Waals surface area contributed by atoms with Gasteiger partial charge in [-0.3, -0.25) is 4.99 Å². The molecule has 5 heteroatoms. The molecule has 104 valence electrons. The smallest absolute Gasteiger partial charge is 0.213 e. The highest BCUT2D eigenvalue weighted by molar-refractivity contribution is 6.30. The molecule has 0 saturated carbocycles. The quantitative estimate of drug-likeness (QED) is 0.785. The molecule has 0 aliphatic rings. The fourth-order valence-corrected chi connectivity index (χ4v) is 1.80. The molecule has 0 fully saturated rings. The van der Waals surface area contributed by atoms with Crippen LogP contribution in [0.25, 0.3) is 0 Å². The van der Waals surface area contributed by atoms with E-state index < -0.39 is 0 Å². The van der Waals surface area contributed by atoms with E-state index in [2.05, 4.69) is 9.98 Å². The van der Waals surface area contributed by atoms with Crippen molar-refractivity contribution in [2.24, 2.45) is 4.99 Å². The number of methoxy groups -OCH3 is 1. The molecule has 0 atom stereocenters. The van der Waals surface area contributed by atoms with Crippen molar-refractivity contribution in [2.75, 3.05) is 13.7 Å². The lowest BCUT2D eigenvalue weighted by atomic mass is 10.2. The van der Waals surface area contributed by atoms with Crippen LogP contribution < -0.4 is 9.47 Å².